The molecule has 0 unspecified atom stereocenters. The van der Waals surface area contributed by atoms with Crippen LogP contribution in [0, 0.1) is 0 Å². The second-order valence-corrected chi connectivity index (χ2v) is 5.75. The molecule has 94 valence electrons. The lowest BCUT2D eigenvalue weighted by molar-refractivity contribution is 0.460. The van der Waals surface area contributed by atoms with E-state index in [1.54, 1.807) is 13.0 Å². The van der Waals surface area contributed by atoms with E-state index in [0.717, 1.165) is 0 Å². The molecule has 0 bridgehead atoms. The van der Waals surface area contributed by atoms with E-state index in [2.05, 4.69) is 6.58 Å². The summed E-state index contributed by atoms with van der Waals surface area (Å²) in [6, 6.07) is 4.40. The van der Waals surface area contributed by atoms with Crippen LogP contribution in [0.1, 0.15) is 6.92 Å². The number of hydrogen-bond acceptors (Lipinski definition) is 3. The number of anilines is 1. The number of benzene rings is 1. The molecule has 17 heavy (non-hydrogen) atoms. The van der Waals surface area contributed by atoms with E-state index in [9.17, 15) is 8.42 Å². The van der Waals surface area contributed by atoms with Gasteiger partial charge in [0.25, 0.3) is 0 Å². The molecular weight excluding hydrogens is 260 g/mol. The van der Waals surface area contributed by atoms with Gasteiger partial charge in [0.15, 0.2) is 0 Å². The summed E-state index contributed by atoms with van der Waals surface area (Å²) in [6.07, 6.45) is 1.53. The van der Waals surface area contributed by atoms with Crippen LogP contribution in [0.5, 0.6) is 0 Å². The minimum Gasteiger partial charge on any atom is -0.399 e. The van der Waals surface area contributed by atoms with Crippen LogP contribution in [0.15, 0.2) is 35.7 Å². The normalized spacial score (nSPS) is 11.7. The van der Waals surface area contributed by atoms with Crippen molar-refractivity contribution in [2.75, 3.05) is 18.8 Å². The van der Waals surface area contributed by atoms with Gasteiger partial charge in [0, 0.05) is 18.8 Å². The van der Waals surface area contributed by atoms with Crippen molar-refractivity contribution in [3.05, 3.63) is 35.9 Å². The van der Waals surface area contributed by atoms with Gasteiger partial charge in [-0.15, -0.1) is 6.58 Å². The number of nitrogens with two attached hydrogens (primary N) is 1. The molecule has 0 aromatic heterocycles. The fourth-order valence-corrected chi connectivity index (χ4v) is 3.33. The molecule has 0 aliphatic rings. The third-order valence-electron chi connectivity index (χ3n) is 2.26. The van der Waals surface area contributed by atoms with Gasteiger partial charge in [0.05, 0.1) is 5.02 Å². The lowest BCUT2D eigenvalue weighted by Crippen LogP contribution is -2.31. The molecule has 1 aromatic carbocycles. The highest BCUT2D eigenvalue weighted by atomic mass is 35.5. The molecule has 0 saturated heterocycles. The Morgan fingerprint density at radius 3 is 2.71 bits per heavy atom. The monoisotopic (exact) mass is 274 g/mol. The Balaban J connectivity index is 3.29. The van der Waals surface area contributed by atoms with Gasteiger partial charge in [0.1, 0.15) is 4.90 Å². The highest BCUT2D eigenvalue weighted by Gasteiger charge is 2.24. The van der Waals surface area contributed by atoms with Crippen molar-refractivity contribution >= 4 is 27.3 Å². The van der Waals surface area contributed by atoms with Crippen molar-refractivity contribution in [1.29, 1.82) is 0 Å². The van der Waals surface area contributed by atoms with Crippen LogP contribution in [0.25, 0.3) is 0 Å². The van der Waals surface area contributed by atoms with Gasteiger partial charge in [-0.3, -0.25) is 0 Å². The zero-order valence-corrected chi connectivity index (χ0v) is 11.1. The molecule has 1 aromatic rings. The predicted molar refractivity (Wildman–Crippen MR) is 70.5 cm³/mol. The SMILES string of the molecule is C=CCN(CC)S(=O)(=O)c1cc(N)ccc1Cl. The van der Waals surface area contributed by atoms with Crippen molar-refractivity contribution in [2.45, 2.75) is 11.8 Å². The molecule has 6 heteroatoms. The summed E-state index contributed by atoms with van der Waals surface area (Å²) in [6.45, 7) is 5.87. The predicted octanol–water partition coefficient (Wildman–Crippen LogP) is 2.12. The fourth-order valence-electron chi connectivity index (χ4n) is 1.40. The molecular formula is C11H15ClN2O2S. The first-order valence-corrected chi connectivity index (χ1v) is 6.91. The van der Waals surface area contributed by atoms with E-state index in [-0.39, 0.29) is 16.5 Å². The van der Waals surface area contributed by atoms with E-state index in [1.165, 1.54) is 22.5 Å². The Morgan fingerprint density at radius 2 is 2.18 bits per heavy atom. The third-order valence-corrected chi connectivity index (χ3v) is 4.68. The zero-order chi connectivity index (χ0) is 13.1. The van der Waals surface area contributed by atoms with E-state index in [0.29, 0.717) is 12.2 Å². The number of halogens is 1. The van der Waals surface area contributed by atoms with E-state index in [4.69, 9.17) is 17.3 Å². The highest BCUT2D eigenvalue weighted by molar-refractivity contribution is 7.89. The van der Waals surface area contributed by atoms with Crippen LogP contribution in [-0.2, 0) is 10.0 Å². The van der Waals surface area contributed by atoms with Crippen molar-refractivity contribution in [3.8, 4) is 0 Å². The first kappa shape index (κ1) is 14.0. The Hall–Kier alpha value is -1.04. The smallest absolute Gasteiger partial charge is 0.244 e. The summed E-state index contributed by atoms with van der Waals surface area (Å²) < 4.78 is 25.8. The van der Waals surface area contributed by atoms with Gasteiger partial charge >= 0.3 is 0 Å². The van der Waals surface area contributed by atoms with Gasteiger partial charge in [-0.1, -0.05) is 24.6 Å². The van der Waals surface area contributed by atoms with Gasteiger partial charge in [0.2, 0.25) is 10.0 Å². The van der Waals surface area contributed by atoms with E-state index in [1.807, 2.05) is 0 Å². The highest BCUT2D eigenvalue weighted by Crippen LogP contribution is 2.26. The number of hydrogen-bond donors (Lipinski definition) is 1. The van der Waals surface area contributed by atoms with Crippen LogP contribution in [0.3, 0.4) is 0 Å². The standard InChI is InChI=1S/C11H15ClN2O2S/c1-3-7-14(4-2)17(15,16)11-8-9(13)5-6-10(11)12/h3,5-6,8H,1,4,7,13H2,2H3. The number of rotatable bonds is 5. The van der Waals surface area contributed by atoms with E-state index < -0.39 is 10.0 Å². The average Bonchev–Trinajstić information content (AvgIpc) is 2.28. The van der Waals surface area contributed by atoms with Crippen molar-refractivity contribution in [1.82, 2.24) is 4.31 Å². The summed E-state index contributed by atoms with van der Waals surface area (Å²) >= 11 is 5.89. The molecule has 0 aliphatic carbocycles. The number of nitrogen functional groups attached to an aromatic ring is 1. The van der Waals surface area contributed by atoms with Gasteiger partial charge in [-0.2, -0.15) is 4.31 Å². The van der Waals surface area contributed by atoms with Crippen molar-refractivity contribution < 1.29 is 8.42 Å². The molecule has 0 spiro atoms. The molecule has 0 atom stereocenters. The number of sulfonamides is 1. The topological polar surface area (TPSA) is 63.4 Å². The summed E-state index contributed by atoms with van der Waals surface area (Å²) in [5.74, 6) is 0. The fraction of sp³-hybridized carbons (Fsp3) is 0.273. The third kappa shape index (κ3) is 3.00. The first-order valence-electron chi connectivity index (χ1n) is 5.09. The van der Waals surface area contributed by atoms with Crippen molar-refractivity contribution in [3.63, 3.8) is 0 Å². The maximum atomic E-state index is 12.3. The second-order valence-electron chi connectivity index (χ2n) is 3.43. The minimum absolute atomic E-state index is 0.0304. The molecule has 1 rings (SSSR count). The quantitative estimate of drug-likeness (QED) is 0.661. The maximum absolute atomic E-state index is 12.3. The lowest BCUT2D eigenvalue weighted by Gasteiger charge is -2.19. The Labute approximate surface area is 107 Å². The van der Waals surface area contributed by atoms with Crippen molar-refractivity contribution in [2.24, 2.45) is 0 Å². The molecule has 0 fully saturated rings. The molecule has 0 amide bonds. The largest absolute Gasteiger partial charge is 0.399 e. The summed E-state index contributed by atoms with van der Waals surface area (Å²) in [4.78, 5) is 0.0304. The zero-order valence-electron chi connectivity index (χ0n) is 9.56. The molecule has 0 aliphatic heterocycles. The number of likely N-dealkylation sites (N-methyl/N-ethyl adjacent to an activating group) is 1. The van der Waals surface area contributed by atoms with Gasteiger partial charge in [-0.05, 0) is 18.2 Å². The Bertz CT molecular complexity index is 514. The minimum atomic E-state index is -3.62. The number of nitrogens with zero attached hydrogens (tertiary/aromatic N) is 1. The molecule has 0 saturated carbocycles. The molecule has 2 N–H and O–H groups in total. The summed E-state index contributed by atoms with van der Waals surface area (Å²) in [7, 11) is -3.62. The maximum Gasteiger partial charge on any atom is 0.244 e. The van der Waals surface area contributed by atoms with Gasteiger partial charge in [-0.25, -0.2) is 8.42 Å². The lowest BCUT2D eigenvalue weighted by atomic mass is 10.3. The summed E-state index contributed by atoms with van der Waals surface area (Å²) in [5.41, 5.74) is 5.94. The Morgan fingerprint density at radius 1 is 1.53 bits per heavy atom. The van der Waals surface area contributed by atoms with Crippen LogP contribution >= 0.6 is 11.6 Å². The second kappa shape index (κ2) is 5.53. The van der Waals surface area contributed by atoms with Gasteiger partial charge < -0.3 is 5.73 Å². The summed E-state index contributed by atoms with van der Waals surface area (Å²) in [5, 5.41) is 0.168. The van der Waals surface area contributed by atoms with Crippen LogP contribution in [-0.4, -0.2) is 25.8 Å². The van der Waals surface area contributed by atoms with Crippen LogP contribution in [0.4, 0.5) is 5.69 Å². The van der Waals surface area contributed by atoms with Crippen LogP contribution < -0.4 is 5.73 Å². The van der Waals surface area contributed by atoms with Crippen LogP contribution in [0.2, 0.25) is 5.02 Å². The molecule has 4 nitrogen and oxygen atoms in total. The molecule has 0 heterocycles. The first-order chi connectivity index (χ1) is 7.93. The molecule has 0 radical (unpaired) electrons. The average molecular weight is 275 g/mol. The Kier molecular flexibility index (Phi) is 4.56. The van der Waals surface area contributed by atoms with E-state index >= 15 is 0 Å².